The van der Waals surface area contributed by atoms with E-state index < -0.39 is 7.37 Å². The average molecular weight is 134 g/mol. The van der Waals surface area contributed by atoms with Crippen LogP contribution in [0.1, 0.15) is 6.42 Å². The Hall–Kier alpha value is 0.150. The standard InChI is InChI=1S/C4H7O3P/c5-8(6)2-1-3-4(8)7-3/h3-4H,1-2H2,(H,5,6)/t3-,4+/m1/s1. The van der Waals surface area contributed by atoms with Crippen molar-refractivity contribution in [3.05, 3.63) is 0 Å². The summed E-state index contributed by atoms with van der Waals surface area (Å²) in [5, 5.41) is 0. The molecule has 3 atom stereocenters. The Morgan fingerprint density at radius 3 is 2.62 bits per heavy atom. The van der Waals surface area contributed by atoms with Gasteiger partial charge < -0.3 is 9.63 Å². The summed E-state index contributed by atoms with van der Waals surface area (Å²) in [5.74, 6) is -0.262. The molecule has 0 aromatic carbocycles. The van der Waals surface area contributed by atoms with Crippen LogP contribution in [0.3, 0.4) is 0 Å². The first-order chi connectivity index (χ1) is 3.70. The Labute approximate surface area is 47.1 Å². The molecule has 46 valence electrons. The summed E-state index contributed by atoms with van der Waals surface area (Å²) in [7, 11) is -2.78. The second-order valence-corrected chi connectivity index (χ2v) is 4.80. The van der Waals surface area contributed by atoms with Crippen molar-refractivity contribution in [1.29, 1.82) is 0 Å². The summed E-state index contributed by atoms with van der Waals surface area (Å²) in [6.07, 6.45) is 1.41. The van der Waals surface area contributed by atoms with Crippen LogP contribution in [0.5, 0.6) is 0 Å². The summed E-state index contributed by atoms with van der Waals surface area (Å²) >= 11 is 0. The van der Waals surface area contributed by atoms with Gasteiger partial charge in [0.2, 0.25) is 7.37 Å². The van der Waals surface area contributed by atoms with E-state index in [4.69, 9.17) is 9.63 Å². The van der Waals surface area contributed by atoms with Crippen molar-refractivity contribution in [2.75, 3.05) is 6.16 Å². The van der Waals surface area contributed by atoms with Crippen molar-refractivity contribution in [1.82, 2.24) is 0 Å². The number of hydrogen-bond acceptors (Lipinski definition) is 2. The molecule has 3 nitrogen and oxygen atoms in total. The van der Waals surface area contributed by atoms with Crippen LogP contribution in [-0.4, -0.2) is 23.0 Å². The number of fused-ring (bicyclic) bond motifs is 1. The monoisotopic (exact) mass is 134 g/mol. The molecule has 2 fully saturated rings. The Morgan fingerprint density at radius 1 is 1.75 bits per heavy atom. The third-order valence-electron chi connectivity index (χ3n) is 1.69. The molecule has 2 aliphatic heterocycles. The van der Waals surface area contributed by atoms with Crippen LogP contribution < -0.4 is 0 Å². The lowest BCUT2D eigenvalue weighted by molar-refractivity contribution is 0.358. The highest BCUT2D eigenvalue weighted by atomic mass is 31.2. The van der Waals surface area contributed by atoms with Crippen molar-refractivity contribution < 1.29 is 14.2 Å². The maximum absolute atomic E-state index is 10.8. The van der Waals surface area contributed by atoms with E-state index >= 15 is 0 Å². The van der Waals surface area contributed by atoms with Gasteiger partial charge in [-0.1, -0.05) is 0 Å². The predicted octanol–water partition coefficient (Wildman–Crippen LogP) is 0.385. The van der Waals surface area contributed by atoms with Crippen LogP contribution >= 0.6 is 7.37 Å². The highest BCUT2D eigenvalue weighted by molar-refractivity contribution is 7.59. The van der Waals surface area contributed by atoms with E-state index in [9.17, 15) is 4.57 Å². The van der Waals surface area contributed by atoms with Crippen LogP contribution in [0, 0.1) is 0 Å². The molecule has 1 N–H and O–H groups in total. The fourth-order valence-electron chi connectivity index (χ4n) is 1.14. The molecule has 2 heterocycles. The quantitative estimate of drug-likeness (QED) is 0.385. The average Bonchev–Trinajstić information content (AvgIpc) is 2.34. The number of rotatable bonds is 0. The van der Waals surface area contributed by atoms with Crippen molar-refractivity contribution in [2.24, 2.45) is 0 Å². The number of ether oxygens (including phenoxy) is 1. The molecule has 4 heteroatoms. The molecule has 8 heavy (non-hydrogen) atoms. The van der Waals surface area contributed by atoms with E-state index in [-0.39, 0.29) is 11.9 Å². The summed E-state index contributed by atoms with van der Waals surface area (Å²) in [5.41, 5.74) is 0. The van der Waals surface area contributed by atoms with Gasteiger partial charge in [-0.2, -0.15) is 0 Å². The minimum absolute atomic E-state index is 0.144. The lowest BCUT2D eigenvalue weighted by Gasteiger charge is -1.99. The van der Waals surface area contributed by atoms with Crippen LogP contribution in [0.25, 0.3) is 0 Å². The Kier molecular flexibility index (Phi) is 0.733. The zero-order valence-corrected chi connectivity index (χ0v) is 5.17. The third-order valence-corrected chi connectivity index (χ3v) is 3.84. The molecular formula is C4H7O3P. The lowest BCUT2D eigenvalue weighted by atomic mass is 10.4. The van der Waals surface area contributed by atoms with Crippen molar-refractivity contribution in [3.63, 3.8) is 0 Å². The second-order valence-electron chi connectivity index (χ2n) is 2.33. The zero-order chi connectivity index (χ0) is 5.78. The van der Waals surface area contributed by atoms with Crippen molar-refractivity contribution >= 4 is 7.37 Å². The van der Waals surface area contributed by atoms with E-state index in [1.165, 1.54) is 0 Å². The number of epoxide rings is 1. The highest BCUT2D eigenvalue weighted by Gasteiger charge is 2.57. The molecular weight excluding hydrogens is 127 g/mol. The summed E-state index contributed by atoms with van der Waals surface area (Å²) in [4.78, 5) is 8.94. The van der Waals surface area contributed by atoms with Gasteiger partial charge in [-0.25, -0.2) is 0 Å². The minimum Gasteiger partial charge on any atom is -0.359 e. The van der Waals surface area contributed by atoms with Crippen LogP contribution in [0.15, 0.2) is 0 Å². The molecule has 2 saturated heterocycles. The third kappa shape index (κ3) is 0.495. The molecule has 0 aromatic rings. The van der Waals surface area contributed by atoms with Crippen LogP contribution in [0.4, 0.5) is 0 Å². The molecule has 0 saturated carbocycles. The Balaban J connectivity index is 2.29. The Bertz CT molecular complexity index is 167. The topological polar surface area (TPSA) is 49.8 Å². The Morgan fingerprint density at radius 2 is 2.50 bits per heavy atom. The highest BCUT2D eigenvalue weighted by Crippen LogP contribution is 2.63. The second kappa shape index (κ2) is 1.18. The maximum atomic E-state index is 10.8. The first-order valence-corrected chi connectivity index (χ1v) is 4.58. The molecule has 0 amide bonds. The summed E-state index contributed by atoms with van der Waals surface area (Å²) in [6, 6.07) is 0. The van der Waals surface area contributed by atoms with Gasteiger partial charge in [-0.3, -0.25) is 4.57 Å². The minimum atomic E-state index is -2.78. The molecule has 0 aromatic heterocycles. The van der Waals surface area contributed by atoms with Gasteiger partial charge in [0.1, 0.15) is 0 Å². The van der Waals surface area contributed by atoms with Gasteiger partial charge in [0.05, 0.1) is 6.10 Å². The van der Waals surface area contributed by atoms with E-state index in [0.29, 0.717) is 6.16 Å². The first kappa shape index (κ1) is 4.98. The summed E-state index contributed by atoms with van der Waals surface area (Å²) < 4.78 is 15.7. The normalized spacial score (nSPS) is 60.6. The van der Waals surface area contributed by atoms with Gasteiger partial charge in [0.15, 0.2) is 5.85 Å². The van der Waals surface area contributed by atoms with Gasteiger partial charge in [-0.15, -0.1) is 0 Å². The SMILES string of the molecule is O=P1(O)CC[C@H]2O[C@H]21. The predicted molar refractivity (Wildman–Crippen MR) is 28.0 cm³/mol. The molecule has 0 aliphatic carbocycles. The molecule has 0 radical (unpaired) electrons. The van der Waals surface area contributed by atoms with E-state index in [1.807, 2.05) is 0 Å². The van der Waals surface area contributed by atoms with Crippen LogP contribution in [0.2, 0.25) is 0 Å². The van der Waals surface area contributed by atoms with Gasteiger partial charge in [0.25, 0.3) is 0 Å². The van der Waals surface area contributed by atoms with Gasteiger partial charge in [0, 0.05) is 6.16 Å². The van der Waals surface area contributed by atoms with Crippen molar-refractivity contribution in [3.8, 4) is 0 Å². The molecule has 2 rings (SSSR count). The number of hydrogen-bond donors (Lipinski definition) is 1. The van der Waals surface area contributed by atoms with Gasteiger partial charge in [-0.05, 0) is 6.42 Å². The zero-order valence-electron chi connectivity index (χ0n) is 4.28. The summed E-state index contributed by atoms with van der Waals surface area (Å²) in [6.45, 7) is 0. The molecule has 1 unspecified atom stereocenters. The first-order valence-electron chi connectivity index (χ1n) is 2.67. The van der Waals surface area contributed by atoms with Gasteiger partial charge >= 0.3 is 0 Å². The fraction of sp³-hybridized carbons (Fsp3) is 1.00. The van der Waals surface area contributed by atoms with Crippen molar-refractivity contribution in [2.45, 2.75) is 18.4 Å². The van der Waals surface area contributed by atoms with E-state index in [0.717, 1.165) is 6.42 Å². The van der Waals surface area contributed by atoms with Crippen LogP contribution in [-0.2, 0) is 9.30 Å². The maximum Gasteiger partial charge on any atom is 0.231 e. The molecule has 0 bridgehead atoms. The fourth-order valence-corrected chi connectivity index (χ4v) is 3.03. The lowest BCUT2D eigenvalue weighted by Crippen LogP contribution is -1.85. The smallest absolute Gasteiger partial charge is 0.231 e. The van der Waals surface area contributed by atoms with E-state index in [2.05, 4.69) is 0 Å². The molecule has 0 spiro atoms. The van der Waals surface area contributed by atoms with E-state index in [1.54, 1.807) is 0 Å². The largest absolute Gasteiger partial charge is 0.359 e. The molecule has 2 aliphatic rings.